The van der Waals surface area contributed by atoms with Crippen molar-refractivity contribution >= 4 is 27.9 Å². The van der Waals surface area contributed by atoms with Crippen molar-refractivity contribution in [3.8, 4) is 11.5 Å². The van der Waals surface area contributed by atoms with Gasteiger partial charge in [0.1, 0.15) is 5.01 Å². The molecule has 1 N–H and O–H groups in total. The predicted molar refractivity (Wildman–Crippen MR) is 118 cm³/mol. The molecule has 0 saturated carbocycles. The average Bonchev–Trinajstić information content (AvgIpc) is 3.40. The number of anilines is 1. The third kappa shape index (κ3) is 3.45. The number of nitro groups is 1. The molecule has 0 unspecified atom stereocenters. The van der Waals surface area contributed by atoms with Crippen molar-refractivity contribution in [2.45, 2.75) is 32.9 Å². The molecule has 1 aromatic heterocycles. The number of fused-ring (bicyclic) bond motifs is 2. The van der Waals surface area contributed by atoms with Crippen LogP contribution in [0.5, 0.6) is 11.5 Å². The Hall–Kier alpha value is -3.57. The van der Waals surface area contributed by atoms with E-state index in [0.717, 1.165) is 16.7 Å². The van der Waals surface area contributed by atoms with Crippen molar-refractivity contribution in [3.05, 3.63) is 67.7 Å². The summed E-state index contributed by atoms with van der Waals surface area (Å²) in [5, 5.41) is 36.7. The van der Waals surface area contributed by atoms with Gasteiger partial charge in [-0.25, -0.2) is 5.01 Å². The molecule has 0 aliphatic carbocycles. The van der Waals surface area contributed by atoms with Gasteiger partial charge in [0.05, 0.1) is 23.3 Å². The van der Waals surface area contributed by atoms with E-state index >= 15 is 0 Å². The minimum atomic E-state index is -0.397. The second-order valence-electron chi connectivity index (χ2n) is 7.60. The van der Waals surface area contributed by atoms with Crippen LogP contribution >= 0.6 is 11.3 Å². The van der Waals surface area contributed by atoms with E-state index in [4.69, 9.17) is 14.6 Å². The van der Waals surface area contributed by atoms with E-state index < -0.39 is 4.92 Å². The molecular weight excluding hydrogens is 434 g/mol. The Morgan fingerprint density at radius 1 is 1.25 bits per heavy atom. The van der Waals surface area contributed by atoms with Crippen LogP contribution < -0.4 is 14.5 Å². The van der Waals surface area contributed by atoms with Crippen molar-refractivity contribution in [2.24, 2.45) is 5.10 Å². The Morgan fingerprint density at radius 3 is 2.72 bits per heavy atom. The smallest absolute Gasteiger partial charge is 0.272 e. The molecule has 0 radical (unpaired) electrons. The SMILES string of the molecule is Cc1cc(C2=NN(c3nnc(CO)s3)[C@H](C)Cc3cc4c(cc32)OCO4)ccc1[N+](=O)[O-]. The van der Waals surface area contributed by atoms with Gasteiger partial charge in [0.2, 0.25) is 11.9 Å². The van der Waals surface area contributed by atoms with Crippen molar-refractivity contribution < 1.29 is 19.5 Å². The van der Waals surface area contributed by atoms with Crippen LogP contribution in [0.4, 0.5) is 10.8 Å². The number of hydrogen-bond donors (Lipinski definition) is 1. The normalized spacial score (nSPS) is 17.0. The fraction of sp³-hybridized carbons (Fsp3) is 0.286. The second kappa shape index (κ2) is 7.84. The van der Waals surface area contributed by atoms with Gasteiger partial charge in [0.15, 0.2) is 11.5 Å². The van der Waals surface area contributed by atoms with Gasteiger partial charge in [-0.1, -0.05) is 11.3 Å². The molecule has 2 aliphatic heterocycles. The summed E-state index contributed by atoms with van der Waals surface area (Å²) in [6.07, 6.45) is 0.652. The van der Waals surface area contributed by atoms with Crippen molar-refractivity contribution in [2.75, 3.05) is 11.8 Å². The van der Waals surface area contributed by atoms with Crippen LogP contribution in [-0.4, -0.2) is 38.8 Å². The molecule has 2 aromatic carbocycles. The lowest BCUT2D eigenvalue weighted by molar-refractivity contribution is -0.385. The number of aliphatic hydroxyl groups excluding tert-OH is 1. The molecule has 2 aliphatic rings. The third-order valence-electron chi connectivity index (χ3n) is 5.45. The first-order valence-corrected chi connectivity index (χ1v) is 10.8. The number of hydrazone groups is 1. The molecule has 3 heterocycles. The molecule has 11 heteroatoms. The third-order valence-corrected chi connectivity index (χ3v) is 6.35. The van der Waals surface area contributed by atoms with Crippen molar-refractivity contribution in [1.82, 2.24) is 10.2 Å². The van der Waals surface area contributed by atoms with Crippen molar-refractivity contribution in [1.29, 1.82) is 0 Å². The maximum Gasteiger partial charge on any atom is 0.272 e. The van der Waals surface area contributed by atoms with Crippen LogP contribution in [0.15, 0.2) is 35.4 Å². The first-order valence-electron chi connectivity index (χ1n) is 9.94. The lowest BCUT2D eigenvalue weighted by Gasteiger charge is -2.21. The van der Waals surface area contributed by atoms with E-state index in [1.54, 1.807) is 24.1 Å². The molecule has 3 aromatic rings. The Labute approximate surface area is 186 Å². The molecule has 164 valence electrons. The van der Waals surface area contributed by atoms with Gasteiger partial charge in [0.25, 0.3) is 5.69 Å². The number of hydrogen-bond acceptors (Lipinski definition) is 10. The first-order chi connectivity index (χ1) is 15.4. The molecule has 5 rings (SSSR count). The van der Waals surface area contributed by atoms with Crippen LogP contribution in [-0.2, 0) is 13.0 Å². The van der Waals surface area contributed by atoms with Gasteiger partial charge in [-0.15, -0.1) is 10.2 Å². The Kier molecular flexibility index (Phi) is 4.98. The predicted octanol–water partition coefficient (Wildman–Crippen LogP) is 3.18. The molecule has 0 amide bonds. The zero-order valence-electron chi connectivity index (χ0n) is 17.3. The highest BCUT2D eigenvalue weighted by Crippen LogP contribution is 2.39. The molecule has 0 saturated heterocycles. The molecule has 10 nitrogen and oxygen atoms in total. The molecule has 32 heavy (non-hydrogen) atoms. The van der Waals surface area contributed by atoms with E-state index in [1.807, 2.05) is 19.1 Å². The maximum absolute atomic E-state index is 11.3. The zero-order chi connectivity index (χ0) is 22.4. The largest absolute Gasteiger partial charge is 0.454 e. The second-order valence-corrected chi connectivity index (χ2v) is 8.64. The summed E-state index contributed by atoms with van der Waals surface area (Å²) >= 11 is 1.27. The van der Waals surface area contributed by atoms with Crippen LogP contribution in [0.3, 0.4) is 0 Å². The van der Waals surface area contributed by atoms with Crippen LogP contribution in [0, 0.1) is 17.0 Å². The molecule has 0 spiro atoms. The average molecular weight is 453 g/mol. The molecular formula is C21H19N5O5S. The maximum atomic E-state index is 11.3. The van der Waals surface area contributed by atoms with Gasteiger partial charge < -0.3 is 14.6 Å². The monoisotopic (exact) mass is 453 g/mol. The number of nitrogens with zero attached hydrogens (tertiary/aromatic N) is 5. The van der Waals surface area contributed by atoms with Crippen molar-refractivity contribution in [3.63, 3.8) is 0 Å². The van der Waals surface area contributed by atoms with E-state index in [-0.39, 0.29) is 25.1 Å². The number of aliphatic hydroxyl groups is 1. The summed E-state index contributed by atoms with van der Waals surface area (Å²) in [5.41, 5.74) is 3.85. The van der Waals surface area contributed by atoms with Crippen LogP contribution in [0.25, 0.3) is 0 Å². The van der Waals surface area contributed by atoms with Crippen LogP contribution in [0.1, 0.15) is 34.2 Å². The fourth-order valence-electron chi connectivity index (χ4n) is 3.89. The van der Waals surface area contributed by atoms with E-state index in [2.05, 4.69) is 10.2 Å². The summed E-state index contributed by atoms with van der Waals surface area (Å²) in [7, 11) is 0. The van der Waals surface area contributed by atoms with E-state index in [9.17, 15) is 15.2 Å². The topological polar surface area (TPSA) is 123 Å². The summed E-state index contributed by atoms with van der Waals surface area (Å²) in [6, 6.07) is 8.76. The standard InChI is InChI=1S/C21H19N5O5S/c1-11-5-13(3-4-16(11)26(28)29)20-15-8-18-17(30-10-31-18)7-14(15)6-12(2)25(24-20)21-23-22-19(9-27)32-21/h3-5,7-8,12,27H,6,9-10H2,1-2H3/t12-/m1/s1. The Bertz CT molecular complexity index is 1260. The number of aryl methyl sites for hydroxylation is 1. The number of nitro benzene ring substituents is 1. The van der Waals surface area contributed by atoms with Gasteiger partial charge in [0, 0.05) is 22.8 Å². The number of benzene rings is 2. The minimum absolute atomic E-state index is 0.0517. The van der Waals surface area contributed by atoms with E-state index in [1.165, 1.54) is 17.4 Å². The Morgan fingerprint density at radius 2 is 2.03 bits per heavy atom. The Balaban J connectivity index is 1.69. The van der Waals surface area contributed by atoms with Gasteiger partial charge in [-0.3, -0.25) is 10.1 Å². The molecule has 1 atom stereocenters. The van der Waals surface area contributed by atoms with Gasteiger partial charge >= 0.3 is 0 Å². The van der Waals surface area contributed by atoms with Crippen LogP contribution in [0.2, 0.25) is 0 Å². The highest BCUT2D eigenvalue weighted by molar-refractivity contribution is 7.15. The molecule has 0 fully saturated rings. The highest BCUT2D eigenvalue weighted by Gasteiger charge is 2.29. The summed E-state index contributed by atoms with van der Waals surface area (Å²) in [6.45, 7) is 3.71. The first kappa shape index (κ1) is 20.3. The molecule has 0 bridgehead atoms. The summed E-state index contributed by atoms with van der Waals surface area (Å²) in [4.78, 5) is 10.9. The quantitative estimate of drug-likeness (QED) is 0.472. The summed E-state index contributed by atoms with van der Waals surface area (Å²) < 4.78 is 11.2. The van der Waals surface area contributed by atoms with Gasteiger partial charge in [-0.05, 0) is 50.1 Å². The lowest BCUT2D eigenvalue weighted by atomic mass is 9.93. The minimum Gasteiger partial charge on any atom is -0.454 e. The number of ether oxygens (including phenoxy) is 2. The lowest BCUT2D eigenvalue weighted by Crippen LogP contribution is -2.29. The number of rotatable bonds is 4. The fourth-order valence-corrected chi connectivity index (χ4v) is 4.64. The number of aromatic nitrogens is 2. The highest BCUT2D eigenvalue weighted by atomic mass is 32.1. The zero-order valence-corrected chi connectivity index (χ0v) is 18.1. The van der Waals surface area contributed by atoms with E-state index in [0.29, 0.717) is 39.3 Å². The van der Waals surface area contributed by atoms with Gasteiger partial charge in [-0.2, -0.15) is 5.10 Å². The summed E-state index contributed by atoms with van der Waals surface area (Å²) in [5.74, 6) is 1.32.